The van der Waals surface area contributed by atoms with Crippen molar-refractivity contribution in [2.45, 2.75) is 12.5 Å². The van der Waals surface area contributed by atoms with Gasteiger partial charge in [-0.05, 0) is 0 Å². The fourth-order valence-electron chi connectivity index (χ4n) is 1.59. The van der Waals surface area contributed by atoms with Gasteiger partial charge in [-0.15, -0.1) is 0 Å². The first-order valence-corrected chi connectivity index (χ1v) is 6.64. The van der Waals surface area contributed by atoms with Gasteiger partial charge in [-0.1, -0.05) is 0 Å². The van der Waals surface area contributed by atoms with Crippen LogP contribution in [-0.4, -0.2) is 35.3 Å². The molecular formula is C11H10AtF2NO5. The molecule has 1 rings (SSSR count). The van der Waals surface area contributed by atoms with Crippen LogP contribution in [0.15, 0.2) is 0 Å². The molecule has 0 radical (unpaired) electrons. The van der Waals surface area contributed by atoms with Gasteiger partial charge in [0.1, 0.15) is 0 Å². The number of ether oxygens (including phenoxy) is 1. The van der Waals surface area contributed by atoms with Crippen LogP contribution in [0.25, 0.3) is 0 Å². The van der Waals surface area contributed by atoms with Gasteiger partial charge in [0.15, 0.2) is 0 Å². The molecule has 9 heteroatoms. The topological polar surface area (TPSA) is 110 Å². The molecule has 0 spiro atoms. The van der Waals surface area contributed by atoms with Crippen LogP contribution < -0.4 is 13.7 Å². The molecular weight excluding hydrogens is 474 g/mol. The van der Waals surface area contributed by atoms with Crippen LogP contribution in [0.4, 0.5) is 8.78 Å². The first-order valence-electron chi connectivity index (χ1n) is 5.17. The minimum absolute atomic E-state index is 0.289. The van der Waals surface area contributed by atoms with E-state index in [0.717, 1.165) is 7.11 Å². The van der Waals surface area contributed by atoms with Gasteiger partial charge in [0.2, 0.25) is 0 Å². The molecule has 1 unspecified atom stereocenters. The quantitative estimate of drug-likeness (QED) is 0.535. The molecule has 0 bridgehead atoms. The molecule has 1 aromatic rings. The summed E-state index contributed by atoms with van der Waals surface area (Å²) in [5, 5.41) is 17.8. The van der Waals surface area contributed by atoms with Gasteiger partial charge in [0.25, 0.3) is 0 Å². The fraction of sp³-hybridized carbons (Fsp3) is 0.273. The van der Waals surface area contributed by atoms with Gasteiger partial charge in [0.05, 0.1) is 0 Å². The Kier molecular flexibility index (Phi) is 5.36. The number of methoxy groups -OCH3 is 1. The zero-order chi connectivity index (χ0) is 15.6. The van der Waals surface area contributed by atoms with E-state index >= 15 is 0 Å². The van der Waals surface area contributed by atoms with Crippen molar-refractivity contribution in [2.24, 2.45) is 5.73 Å². The fourth-order valence-corrected chi connectivity index (χ4v) is 2.68. The predicted molar refractivity (Wildman–Crippen MR) is 58.8 cm³/mol. The molecule has 0 heterocycles. The van der Waals surface area contributed by atoms with Crippen molar-refractivity contribution in [3.8, 4) is 5.75 Å². The molecule has 1 atom stereocenters. The number of carboxylic acids is 2. The van der Waals surface area contributed by atoms with Crippen molar-refractivity contribution in [1.29, 1.82) is 0 Å². The third kappa shape index (κ3) is 3.04. The van der Waals surface area contributed by atoms with Crippen LogP contribution in [0, 0.1) is 36.4 Å². The first kappa shape index (κ1) is 16.7. The molecule has 0 aromatic heterocycles. The molecule has 0 fully saturated rings. The molecule has 0 aliphatic heterocycles. The Morgan fingerprint density at radius 1 is 1.35 bits per heavy atom. The summed E-state index contributed by atoms with van der Waals surface area (Å²) in [6.45, 7) is 0. The van der Waals surface area contributed by atoms with Gasteiger partial charge in [-0.3, -0.25) is 0 Å². The number of aliphatic carboxylic acids is 1. The van der Waals surface area contributed by atoms with E-state index in [0.29, 0.717) is 24.7 Å². The third-order valence-corrected chi connectivity index (χ3v) is 3.92. The molecule has 6 nitrogen and oxygen atoms in total. The first-order chi connectivity index (χ1) is 9.22. The Labute approximate surface area is 127 Å². The van der Waals surface area contributed by atoms with Crippen molar-refractivity contribution < 1.29 is 58.0 Å². The van der Waals surface area contributed by atoms with Crippen LogP contribution >= 0.6 is 0 Å². The second-order valence-corrected chi connectivity index (χ2v) is 5.25. The second-order valence-electron chi connectivity index (χ2n) is 3.78. The number of halogens is 2. The van der Waals surface area contributed by atoms with E-state index in [2.05, 4.69) is 4.74 Å². The summed E-state index contributed by atoms with van der Waals surface area (Å²) in [6, 6.07) is -1.51. The van der Waals surface area contributed by atoms with Gasteiger partial charge in [-0.25, -0.2) is 0 Å². The summed E-state index contributed by atoms with van der Waals surface area (Å²) >= 11 is 0.674. The predicted octanol–water partition coefficient (Wildman–Crippen LogP) is -0.199. The third-order valence-electron chi connectivity index (χ3n) is 2.54. The zero-order valence-electron chi connectivity index (χ0n) is 10.1. The number of hydrogen-bond donors (Lipinski definition) is 3. The number of rotatable bonds is 5. The van der Waals surface area contributed by atoms with Gasteiger partial charge in [0, 0.05) is 0 Å². The normalized spacial score (nSPS) is 12.1. The summed E-state index contributed by atoms with van der Waals surface area (Å²) in [5.41, 5.74) is 4.18. The number of nitrogens with two attached hydrogens (primary N) is 1. The van der Waals surface area contributed by atoms with E-state index in [4.69, 9.17) is 15.9 Å². The summed E-state index contributed by atoms with van der Waals surface area (Å²) < 4.78 is 32.1. The molecule has 0 amide bonds. The monoisotopic (exact) mass is 484 g/mol. The van der Waals surface area contributed by atoms with Gasteiger partial charge < -0.3 is 0 Å². The minimum atomic E-state index is -1.56. The molecule has 0 aliphatic carbocycles. The van der Waals surface area contributed by atoms with Crippen LogP contribution in [0.3, 0.4) is 0 Å². The number of hydrogen-bond acceptors (Lipinski definition) is 4. The Morgan fingerprint density at radius 2 is 1.90 bits per heavy atom. The van der Waals surface area contributed by atoms with E-state index < -0.39 is 52.9 Å². The number of carboxylic acid groups (broad SMARTS) is 2. The van der Waals surface area contributed by atoms with Crippen molar-refractivity contribution in [1.82, 2.24) is 0 Å². The van der Waals surface area contributed by atoms with E-state index in [-0.39, 0.29) is 3.27 Å². The zero-order valence-corrected chi connectivity index (χ0v) is 13.1. The van der Waals surface area contributed by atoms with Gasteiger partial charge >= 0.3 is 127 Å². The Balaban J connectivity index is 3.58. The van der Waals surface area contributed by atoms with Crippen LogP contribution in [0.2, 0.25) is 0 Å². The summed E-state index contributed by atoms with van der Waals surface area (Å²) in [5.74, 6) is -6.10. The Bertz CT molecular complexity index is 579. The Morgan fingerprint density at radius 3 is 2.30 bits per heavy atom. The molecule has 20 heavy (non-hydrogen) atoms. The molecule has 0 aliphatic rings. The summed E-state index contributed by atoms with van der Waals surface area (Å²) in [4.78, 5) is 21.9. The average molecular weight is 484 g/mol. The molecule has 0 saturated heterocycles. The molecule has 1 aromatic carbocycles. The summed E-state index contributed by atoms with van der Waals surface area (Å²) in [7, 11) is 1.02. The van der Waals surface area contributed by atoms with Crippen molar-refractivity contribution in [3.05, 3.63) is 22.8 Å². The van der Waals surface area contributed by atoms with Crippen molar-refractivity contribution in [2.75, 3.05) is 7.11 Å². The maximum absolute atomic E-state index is 14.1. The Hall–Kier alpha value is -1.34. The maximum atomic E-state index is 14.1. The number of aromatic carboxylic acids is 1. The standard InChI is InChI=1S/C11H10AtF2NO5/c1-20-9-7(13)3(2-4(15)10(16)17)5(11(18)19)6(12)8(9)14/h4H,2,15H2,1H3,(H,16,17)(H,18,19). The van der Waals surface area contributed by atoms with E-state index in [1.807, 2.05) is 0 Å². The molecule has 110 valence electrons. The van der Waals surface area contributed by atoms with Gasteiger partial charge in [-0.2, -0.15) is 0 Å². The van der Waals surface area contributed by atoms with E-state index in [1.54, 1.807) is 0 Å². The van der Waals surface area contributed by atoms with E-state index in [1.165, 1.54) is 0 Å². The molecule has 4 N–H and O–H groups in total. The second kappa shape index (κ2) is 6.41. The van der Waals surface area contributed by atoms with Crippen LogP contribution in [0.1, 0.15) is 15.9 Å². The number of benzene rings is 1. The SMILES string of the molecule is COc1c(F)c([At])c(C(=O)O)c(CC(N)C(=O)O)c1F. The van der Waals surface area contributed by atoms with Crippen molar-refractivity contribution >= 4 is 15.2 Å². The van der Waals surface area contributed by atoms with Crippen LogP contribution in [0.5, 0.6) is 5.75 Å². The number of carbonyl (C=O) groups is 2. The summed E-state index contributed by atoms with van der Waals surface area (Å²) in [6.07, 6.45) is -0.588. The molecule has 0 saturated carbocycles. The van der Waals surface area contributed by atoms with E-state index in [9.17, 15) is 18.4 Å². The average Bonchev–Trinajstić information content (AvgIpc) is 2.35. The van der Waals surface area contributed by atoms with Crippen molar-refractivity contribution in [3.63, 3.8) is 0 Å². The van der Waals surface area contributed by atoms with Crippen LogP contribution in [-0.2, 0) is 11.2 Å².